The van der Waals surface area contributed by atoms with Crippen LogP contribution in [0.3, 0.4) is 0 Å². The number of hydrogen-bond donors (Lipinski definition) is 1. The van der Waals surface area contributed by atoms with Crippen molar-refractivity contribution in [1.82, 2.24) is 15.3 Å². The Hall–Kier alpha value is -0.780. The summed E-state index contributed by atoms with van der Waals surface area (Å²) in [6.07, 6.45) is 8.53. The molecule has 1 N–H and O–H groups in total. The average molecular weight is 352 g/mol. The van der Waals surface area contributed by atoms with Gasteiger partial charge in [-0.15, -0.1) is 11.3 Å². The number of hydrogen-bond acceptors (Lipinski definition) is 4. The Morgan fingerprint density at radius 3 is 2.95 bits per heavy atom. The fourth-order valence-electron chi connectivity index (χ4n) is 2.13. The van der Waals surface area contributed by atoms with Crippen LogP contribution in [0.4, 0.5) is 0 Å². The minimum Gasteiger partial charge on any atom is -0.309 e. The van der Waals surface area contributed by atoms with Crippen LogP contribution in [0.2, 0.25) is 0 Å². The number of nitrogens with one attached hydrogen (secondary N) is 1. The first kappa shape index (κ1) is 14.2. The van der Waals surface area contributed by atoms with Crippen LogP contribution in [0, 0.1) is 0 Å². The highest BCUT2D eigenvalue weighted by atomic mass is 79.9. The first-order chi connectivity index (χ1) is 9.76. The van der Waals surface area contributed by atoms with Gasteiger partial charge in [-0.2, -0.15) is 0 Å². The molecule has 3 nitrogen and oxygen atoms in total. The van der Waals surface area contributed by atoms with Crippen LogP contribution in [0.1, 0.15) is 36.8 Å². The van der Waals surface area contributed by atoms with Crippen LogP contribution in [0.15, 0.2) is 22.9 Å². The molecule has 20 heavy (non-hydrogen) atoms. The van der Waals surface area contributed by atoms with E-state index in [1.54, 1.807) is 17.5 Å². The van der Waals surface area contributed by atoms with Gasteiger partial charge in [-0.3, -0.25) is 4.98 Å². The molecule has 0 aliphatic heterocycles. The molecule has 1 fully saturated rings. The van der Waals surface area contributed by atoms with Gasteiger partial charge in [0.2, 0.25) is 0 Å². The number of thiazole rings is 1. The van der Waals surface area contributed by atoms with E-state index in [4.69, 9.17) is 4.98 Å². The lowest BCUT2D eigenvalue weighted by molar-refractivity contribution is 0.686. The number of aromatic nitrogens is 2. The Bertz CT molecular complexity index is 593. The van der Waals surface area contributed by atoms with E-state index in [1.165, 1.54) is 23.4 Å². The Morgan fingerprint density at radius 1 is 1.40 bits per heavy atom. The third-order valence-electron chi connectivity index (χ3n) is 3.35. The van der Waals surface area contributed by atoms with Crippen molar-refractivity contribution in [2.45, 2.75) is 45.2 Å². The van der Waals surface area contributed by atoms with Crippen LogP contribution in [0.25, 0.3) is 10.6 Å². The van der Waals surface area contributed by atoms with Gasteiger partial charge < -0.3 is 5.32 Å². The van der Waals surface area contributed by atoms with Crippen LogP contribution < -0.4 is 5.32 Å². The Kier molecular flexibility index (Phi) is 4.48. The van der Waals surface area contributed by atoms with E-state index in [9.17, 15) is 0 Å². The fourth-order valence-corrected chi connectivity index (χ4v) is 3.53. The first-order valence-corrected chi connectivity index (χ1v) is 8.70. The zero-order valence-electron chi connectivity index (χ0n) is 11.5. The van der Waals surface area contributed by atoms with Gasteiger partial charge in [0.15, 0.2) is 0 Å². The monoisotopic (exact) mass is 351 g/mol. The highest BCUT2D eigenvalue weighted by Gasteiger charge is 2.21. The number of nitrogens with zero attached hydrogens (tertiary/aromatic N) is 2. The van der Waals surface area contributed by atoms with E-state index < -0.39 is 0 Å². The zero-order chi connectivity index (χ0) is 13.9. The lowest BCUT2D eigenvalue weighted by Gasteiger charge is -2.01. The molecule has 0 unspecified atom stereocenters. The summed E-state index contributed by atoms with van der Waals surface area (Å²) in [5, 5.41) is 4.67. The summed E-state index contributed by atoms with van der Waals surface area (Å²) in [5.41, 5.74) is 2.35. The van der Waals surface area contributed by atoms with Crippen LogP contribution in [0.5, 0.6) is 0 Å². The average Bonchev–Trinajstić information content (AvgIpc) is 3.18. The predicted molar refractivity (Wildman–Crippen MR) is 86.9 cm³/mol. The standard InChI is InChI=1S/C15H18BrN3S/c1-2-3-13-14(9-18-12-4-5-12)20-15(19-13)10-6-11(16)8-17-7-10/h6-8,12,18H,2-5,9H2,1H3. The Balaban J connectivity index is 1.84. The molecule has 2 heterocycles. The molecule has 2 aromatic rings. The molecule has 0 saturated heterocycles. The Morgan fingerprint density at radius 2 is 2.25 bits per heavy atom. The van der Waals surface area contributed by atoms with Crippen LogP contribution in [-0.4, -0.2) is 16.0 Å². The third-order valence-corrected chi connectivity index (χ3v) is 4.93. The molecular weight excluding hydrogens is 334 g/mol. The minimum absolute atomic E-state index is 0.738. The van der Waals surface area contributed by atoms with Gasteiger partial charge in [0.1, 0.15) is 5.01 Å². The molecule has 1 aliphatic rings. The molecule has 3 rings (SSSR count). The van der Waals surface area contributed by atoms with Crippen molar-refractivity contribution in [3.8, 4) is 10.6 Å². The quantitative estimate of drug-likeness (QED) is 0.848. The molecule has 5 heteroatoms. The second kappa shape index (κ2) is 6.33. The van der Waals surface area contributed by atoms with Gasteiger partial charge in [-0.25, -0.2) is 4.98 Å². The summed E-state index contributed by atoms with van der Waals surface area (Å²) < 4.78 is 1.000. The number of halogens is 1. The maximum absolute atomic E-state index is 4.83. The maximum atomic E-state index is 4.83. The molecule has 0 radical (unpaired) electrons. The van der Waals surface area contributed by atoms with Crippen LogP contribution >= 0.6 is 27.3 Å². The van der Waals surface area contributed by atoms with Crippen LogP contribution in [-0.2, 0) is 13.0 Å². The molecule has 1 aliphatic carbocycles. The lowest BCUT2D eigenvalue weighted by Crippen LogP contribution is -2.15. The summed E-state index contributed by atoms with van der Waals surface area (Å²) in [5.74, 6) is 0. The summed E-state index contributed by atoms with van der Waals surface area (Å²) >= 11 is 5.27. The molecule has 106 valence electrons. The minimum atomic E-state index is 0.738. The van der Waals surface area contributed by atoms with E-state index in [0.717, 1.165) is 40.5 Å². The van der Waals surface area contributed by atoms with E-state index in [-0.39, 0.29) is 0 Å². The van der Waals surface area contributed by atoms with Gasteiger partial charge in [0, 0.05) is 39.9 Å². The van der Waals surface area contributed by atoms with Gasteiger partial charge in [0.25, 0.3) is 0 Å². The van der Waals surface area contributed by atoms with Crippen molar-refractivity contribution in [1.29, 1.82) is 0 Å². The fraction of sp³-hybridized carbons (Fsp3) is 0.467. The van der Waals surface area contributed by atoms with E-state index >= 15 is 0 Å². The predicted octanol–water partition coefficient (Wildman–Crippen LogP) is 4.17. The summed E-state index contributed by atoms with van der Waals surface area (Å²) in [4.78, 5) is 10.4. The topological polar surface area (TPSA) is 37.8 Å². The molecule has 1 saturated carbocycles. The molecular formula is C15H18BrN3S. The molecule has 0 bridgehead atoms. The first-order valence-electron chi connectivity index (χ1n) is 7.09. The second-order valence-corrected chi connectivity index (χ2v) is 7.19. The molecule has 0 spiro atoms. The third kappa shape index (κ3) is 3.45. The van der Waals surface area contributed by atoms with Gasteiger partial charge in [0.05, 0.1) is 5.69 Å². The highest BCUT2D eigenvalue weighted by Crippen LogP contribution is 2.30. The van der Waals surface area contributed by atoms with Gasteiger partial charge >= 0.3 is 0 Å². The van der Waals surface area contributed by atoms with E-state index in [2.05, 4.69) is 39.2 Å². The van der Waals surface area contributed by atoms with Crippen molar-refractivity contribution in [3.63, 3.8) is 0 Å². The molecule has 0 atom stereocenters. The van der Waals surface area contributed by atoms with Crippen molar-refractivity contribution >= 4 is 27.3 Å². The van der Waals surface area contributed by atoms with E-state index in [1.807, 2.05) is 6.20 Å². The number of aryl methyl sites for hydroxylation is 1. The van der Waals surface area contributed by atoms with E-state index in [0.29, 0.717) is 0 Å². The maximum Gasteiger partial charge on any atom is 0.125 e. The van der Waals surface area contributed by atoms with Gasteiger partial charge in [-0.05, 0) is 41.3 Å². The number of pyridine rings is 1. The lowest BCUT2D eigenvalue weighted by atomic mass is 10.2. The smallest absolute Gasteiger partial charge is 0.125 e. The normalized spacial score (nSPS) is 14.7. The second-order valence-electron chi connectivity index (χ2n) is 5.19. The SMILES string of the molecule is CCCc1nc(-c2cncc(Br)c2)sc1CNC1CC1. The van der Waals surface area contributed by atoms with Crippen molar-refractivity contribution in [2.75, 3.05) is 0 Å². The number of rotatable bonds is 6. The Labute approximate surface area is 132 Å². The molecule has 0 aromatic carbocycles. The molecule has 0 amide bonds. The summed E-state index contributed by atoms with van der Waals surface area (Å²) in [6, 6.07) is 2.82. The molecule has 2 aromatic heterocycles. The summed E-state index contributed by atoms with van der Waals surface area (Å²) in [6.45, 7) is 3.16. The van der Waals surface area contributed by atoms with Crippen molar-refractivity contribution in [2.24, 2.45) is 0 Å². The highest BCUT2D eigenvalue weighted by molar-refractivity contribution is 9.10. The van der Waals surface area contributed by atoms with Crippen molar-refractivity contribution in [3.05, 3.63) is 33.5 Å². The van der Waals surface area contributed by atoms with Crippen molar-refractivity contribution < 1.29 is 0 Å². The van der Waals surface area contributed by atoms with Gasteiger partial charge in [-0.1, -0.05) is 13.3 Å². The summed E-state index contributed by atoms with van der Waals surface area (Å²) in [7, 11) is 0. The largest absolute Gasteiger partial charge is 0.309 e. The zero-order valence-corrected chi connectivity index (χ0v) is 13.9.